The Labute approximate surface area is 190 Å². The molecule has 2 aromatic heterocycles. The number of methoxy groups -OCH3 is 1. The van der Waals surface area contributed by atoms with Gasteiger partial charge in [-0.25, -0.2) is 9.67 Å². The van der Waals surface area contributed by atoms with Crippen molar-refractivity contribution in [1.82, 2.24) is 24.6 Å². The smallest absolute Gasteiger partial charge is 0.259 e. The molecule has 10 heteroatoms. The lowest BCUT2D eigenvalue weighted by Crippen LogP contribution is -2.49. The van der Waals surface area contributed by atoms with Gasteiger partial charge in [-0.2, -0.15) is 10.1 Å². The van der Waals surface area contributed by atoms with Gasteiger partial charge in [0.05, 0.1) is 24.9 Å². The van der Waals surface area contributed by atoms with Crippen LogP contribution in [0.1, 0.15) is 21.6 Å². The highest BCUT2D eigenvalue weighted by Crippen LogP contribution is 2.25. The SMILES string of the molecule is COc1ccnc(N2CCN(C(=O)c3c(C)nn(Cc4ccccc4Cl)c3Cl)CC2)n1. The summed E-state index contributed by atoms with van der Waals surface area (Å²) in [5, 5.41) is 5.43. The normalized spacial score (nSPS) is 14.1. The van der Waals surface area contributed by atoms with E-state index in [1.54, 1.807) is 35.9 Å². The first-order valence-electron chi connectivity index (χ1n) is 9.85. The van der Waals surface area contributed by atoms with Crippen molar-refractivity contribution in [3.05, 3.63) is 63.5 Å². The highest BCUT2D eigenvalue weighted by molar-refractivity contribution is 6.33. The standard InChI is InChI=1S/C21H22Cl2N6O2/c1-14-18(19(23)29(26-14)13-15-5-3-4-6-16(15)22)20(30)27-9-11-28(12-10-27)21-24-8-7-17(25-21)31-2/h3-8H,9-13H2,1-2H3. The zero-order valence-corrected chi connectivity index (χ0v) is 18.8. The zero-order valence-electron chi connectivity index (χ0n) is 17.3. The lowest BCUT2D eigenvalue weighted by Gasteiger charge is -2.34. The van der Waals surface area contributed by atoms with E-state index in [4.69, 9.17) is 27.9 Å². The lowest BCUT2D eigenvalue weighted by atomic mass is 10.2. The minimum absolute atomic E-state index is 0.126. The predicted molar refractivity (Wildman–Crippen MR) is 119 cm³/mol. The number of ether oxygens (including phenoxy) is 1. The van der Waals surface area contributed by atoms with Crippen molar-refractivity contribution in [2.45, 2.75) is 13.5 Å². The molecule has 0 saturated carbocycles. The Morgan fingerprint density at radius 2 is 1.87 bits per heavy atom. The molecule has 0 unspecified atom stereocenters. The fourth-order valence-corrected chi connectivity index (χ4v) is 4.07. The topological polar surface area (TPSA) is 76.4 Å². The molecule has 1 amide bonds. The number of rotatable bonds is 5. The van der Waals surface area contributed by atoms with Gasteiger partial charge in [0, 0.05) is 43.5 Å². The molecular weight excluding hydrogens is 439 g/mol. The van der Waals surface area contributed by atoms with Crippen LogP contribution in [-0.2, 0) is 6.54 Å². The van der Waals surface area contributed by atoms with Crippen LogP contribution >= 0.6 is 23.2 Å². The molecule has 0 aliphatic carbocycles. The molecule has 1 aliphatic rings. The van der Waals surface area contributed by atoms with E-state index in [9.17, 15) is 4.79 Å². The second-order valence-corrected chi connectivity index (χ2v) is 7.94. The molecule has 3 heterocycles. The quantitative estimate of drug-likeness (QED) is 0.581. The number of amides is 1. The third-order valence-corrected chi connectivity index (χ3v) is 5.99. The number of benzene rings is 1. The summed E-state index contributed by atoms with van der Waals surface area (Å²) in [6.07, 6.45) is 1.66. The Bertz CT molecular complexity index is 1100. The molecule has 0 atom stereocenters. The maximum atomic E-state index is 13.2. The molecule has 0 radical (unpaired) electrons. The number of piperazine rings is 1. The molecule has 3 aromatic rings. The average Bonchev–Trinajstić information content (AvgIpc) is 3.07. The van der Waals surface area contributed by atoms with Gasteiger partial charge in [-0.05, 0) is 18.6 Å². The van der Waals surface area contributed by atoms with Crippen LogP contribution in [0.4, 0.5) is 5.95 Å². The number of anilines is 1. The predicted octanol–water partition coefficient (Wildman–Crippen LogP) is 3.31. The van der Waals surface area contributed by atoms with E-state index in [0.717, 1.165) is 5.56 Å². The molecule has 1 aliphatic heterocycles. The Morgan fingerprint density at radius 3 is 2.58 bits per heavy atom. The summed E-state index contributed by atoms with van der Waals surface area (Å²) < 4.78 is 6.78. The fraction of sp³-hybridized carbons (Fsp3) is 0.333. The van der Waals surface area contributed by atoms with Gasteiger partial charge in [-0.1, -0.05) is 41.4 Å². The van der Waals surface area contributed by atoms with Crippen LogP contribution in [0.25, 0.3) is 0 Å². The summed E-state index contributed by atoms with van der Waals surface area (Å²) in [7, 11) is 1.57. The largest absolute Gasteiger partial charge is 0.481 e. The molecule has 8 nitrogen and oxygen atoms in total. The van der Waals surface area contributed by atoms with Crippen LogP contribution in [0.3, 0.4) is 0 Å². The van der Waals surface area contributed by atoms with Gasteiger partial charge in [-0.15, -0.1) is 0 Å². The third kappa shape index (κ3) is 4.45. The molecular formula is C21H22Cl2N6O2. The maximum absolute atomic E-state index is 13.2. The summed E-state index contributed by atoms with van der Waals surface area (Å²) >= 11 is 12.8. The van der Waals surface area contributed by atoms with Crippen molar-refractivity contribution in [3.8, 4) is 5.88 Å². The summed E-state index contributed by atoms with van der Waals surface area (Å²) in [6.45, 7) is 4.48. The number of hydrogen-bond donors (Lipinski definition) is 0. The van der Waals surface area contributed by atoms with Crippen molar-refractivity contribution >= 4 is 35.1 Å². The summed E-state index contributed by atoms with van der Waals surface area (Å²) in [6, 6.07) is 9.21. The summed E-state index contributed by atoms with van der Waals surface area (Å²) in [5.74, 6) is 0.976. The summed E-state index contributed by atoms with van der Waals surface area (Å²) in [5.41, 5.74) is 1.92. The van der Waals surface area contributed by atoms with Crippen molar-refractivity contribution in [1.29, 1.82) is 0 Å². The number of nitrogens with zero attached hydrogens (tertiary/aromatic N) is 6. The molecule has 4 rings (SSSR count). The van der Waals surface area contributed by atoms with Gasteiger partial charge >= 0.3 is 0 Å². The van der Waals surface area contributed by atoms with E-state index >= 15 is 0 Å². The Balaban J connectivity index is 1.46. The van der Waals surface area contributed by atoms with Crippen LogP contribution in [0, 0.1) is 6.92 Å². The molecule has 1 aromatic carbocycles. The third-order valence-electron chi connectivity index (χ3n) is 5.23. The summed E-state index contributed by atoms with van der Waals surface area (Å²) in [4.78, 5) is 25.7. The van der Waals surface area contributed by atoms with Crippen molar-refractivity contribution in [3.63, 3.8) is 0 Å². The molecule has 1 saturated heterocycles. The maximum Gasteiger partial charge on any atom is 0.259 e. The van der Waals surface area contributed by atoms with Crippen molar-refractivity contribution in [2.75, 3.05) is 38.2 Å². The van der Waals surface area contributed by atoms with E-state index in [1.165, 1.54) is 0 Å². The van der Waals surface area contributed by atoms with Crippen LogP contribution in [0.2, 0.25) is 10.2 Å². The van der Waals surface area contributed by atoms with E-state index in [0.29, 0.717) is 66.0 Å². The first-order valence-corrected chi connectivity index (χ1v) is 10.6. The molecule has 162 valence electrons. The molecule has 0 spiro atoms. The van der Waals surface area contributed by atoms with E-state index in [1.807, 2.05) is 29.2 Å². The van der Waals surface area contributed by atoms with Gasteiger partial charge in [0.1, 0.15) is 5.15 Å². The molecule has 0 N–H and O–H groups in total. The highest BCUT2D eigenvalue weighted by Gasteiger charge is 2.28. The Hall–Kier alpha value is -2.84. The van der Waals surface area contributed by atoms with E-state index in [2.05, 4.69) is 15.1 Å². The van der Waals surface area contributed by atoms with Gasteiger partial charge in [0.15, 0.2) is 0 Å². The lowest BCUT2D eigenvalue weighted by molar-refractivity contribution is 0.0745. The van der Waals surface area contributed by atoms with Crippen LogP contribution in [0.5, 0.6) is 5.88 Å². The van der Waals surface area contributed by atoms with Crippen LogP contribution in [0.15, 0.2) is 36.5 Å². The second kappa shape index (κ2) is 9.11. The van der Waals surface area contributed by atoms with E-state index in [-0.39, 0.29) is 5.91 Å². The minimum Gasteiger partial charge on any atom is -0.481 e. The van der Waals surface area contributed by atoms with Gasteiger partial charge < -0.3 is 14.5 Å². The van der Waals surface area contributed by atoms with Gasteiger partial charge in [0.25, 0.3) is 5.91 Å². The van der Waals surface area contributed by atoms with E-state index < -0.39 is 0 Å². The first kappa shape index (κ1) is 21.4. The Kier molecular flexibility index (Phi) is 6.29. The number of aryl methyl sites for hydroxylation is 1. The monoisotopic (exact) mass is 460 g/mol. The number of carbonyl (C=O) groups excluding carboxylic acids is 1. The molecule has 0 bridgehead atoms. The van der Waals surface area contributed by atoms with Crippen molar-refractivity contribution < 1.29 is 9.53 Å². The second-order valence-electron chi connectivity index (χ2n) is 7.18. The van der Waals surface area contributed by atoms with Crippen LogP contribution in [-0.4, -0.2) is 63.8 Å². The van der Waals surface area contributed by atoms with Crippen molar-refractivity contribution in [2.24, 2.45) is 0 Å². The zero-order chi connectivity index (χ0) is 22.0. The number of carbonyl (C=O) groups is 1. The molecule has 31 heavy (non-hydrogen) atoms. The number of halogens is 2. The number of aromatic nitrogens is 4. The van der Waals surface area contributed by atoms with Gasteiger partial charge in [-0.3, -0.25) is 4.79 Å². The highest BCUT2D eigenvalue weighted by atomic mass is 35.5. The minimum atomic E-state index is -0.126. The number of hydrogen-bond acceptors (Lipinski definition) is 6. The van der Waals surface area contributed by atoms with Gasteiger partial charge in [0.2, 0.25) is 11.8 Å². The Morgan fingerprint density at radius 1 is 1.13 bits per heavy atom. The van der Waals surface area contributed by atoms with Crippen LogP contribution < -0.4 is 9.64 Å². The molecule has 1 fully saturated rings. The first-order chi connectivity index (χ1) is 15.0. The average molecular weight is 461 g/mol. The fourth-order valence-electron chi connectivity index (χ4n) is 3.56.